The Bertz CT molecular complexity index is 689. The number of aromatic nitrogens is 1. The fraction of sp³-hybridized carbons (Fsp3) is 0.476. The highest BCUT2D eigenvalue weighted by Crippen LogP contribution is 2.25. The summed E-state index contributed by atoms with van der Waals surface area (Å²) in [5.74, 6) is 1.61. The number of pyridine rings is 1. The topological polar surface area (TPSA) is 58.1 Å². The van der Waals surface area contributed by atoms with Crippen LogP contribution in [0.15, 0.2) is 42.7 Å². The maximum atomic E-state index is 9.55. The van der Waals surface area contributed by atoms with Gasteiger partial charge in [-0.1, -0.05) is 6.07 Å². The summed E-state index contributed by atoms with van der Waals surface area (Å²) in [5.41, 5.74) is 2.39. The first kappa shape index (κ1) is 19.6. The Morgan fingerprint density at radius 3 is 2.48 bits per heavy atom. The van der Waals surface area contributed by atoms with Crippen LogP contribution in [0.3, 0.4) is 0 Å². The van der Waals surface area contributed by atoms with Crippen LogP contribution in [0.2, 0.25) is 0 Å². The molecule has 0 amide bonds. The van der Waals surface area contributed by atoms with Gasteiger partial charge < -0.3 is 14.6 Å². The summed E-state index contributed by atoms with van der Waals surface area (Å²) in [6, 6.07) is 10.4. The molecular weight excluding hydrogens is 342 g/mol. The molecule has 6 heteroatoms. The van der Waals surface area contributed by atoms with Crippen LogP contribution in [-0.2, 0) is 13.1 Å². The lowest BCUT2D eigenvalue weighted by molar-refractivity contribution is 0.0498. The van der Waals surface area contributed by atoms with E-state index in [4.69, 9.17) is 9.47 Å². The summed E-state index contributed by atoms with van der Waals surface area (Å²) in [6.07, 6.45) is 4.50. The smallest absolute Gasteiger partial charge is 0.122 e. The van der Waals surface area contributed by atoms with Gasteiger partial charge in [0.25, 0.3) is 0 Å². The number of aliphatic hydroxyl groups excluding tert-OH is 1. The number of aliphatic hydroxyl groups is 1. The Labute approximate surface area is 161 Å². The van der Waals surface area contributed by atoms with Crippen molar-refractivity contribution in [2.75, 3.05) is 40.5 Å². The maximum Gasteiger partial charge on any atom is 0.122 e. The van der Waals surface area contributed by atoms with Crippen molar-refractivity contribution < 1.29 is 14.6 Å². The van der Waals surface area contributed by atoms with Crippen molar-refractivity contribution in [1.29, 1.82) is 0 Å². The van der Waals surface area contributed by atoms with E-state index < -0.39 is 0 Å². The molecule has 0 bridgehead atoms. The van der Waals surface area contributed by atoms with Gasteiger partial charge in [-0.15, -0.1) is 0 Å². The van der Waals surface area contributed by atoms with Gasteiger partial charge in [-0.3, -0.25) is 14.8 Å². The number of piperazine rings is 1. The number of methoxy groups -OCH3 is 2. The Morgan fingerprint density at radius 1 is 1.07 bits per heavy atom. The zero-order valence-electron chi connectivity index (χ0n) is 16.2. The summed E-state index contributed by atoms with van der Waals surface area (Å²) in [4.78, 5) is 9.10. The molecule has 0 aliphatic carbocycles. The van der Waals surface area contributed by atoms with E-state index in [1.165, 1.54) is 5.56 Å². The molecule has 1 fully saturated rings. The number of hydrogen-bond acceptors (Lipinski definition) is 6. The molecule has 1 aromatic carbocycles. The summed E-state index contributed by atoms with van der Waals surface area (Å²) < 4.78 is 10.8. The van der Waals surface area contributed by atoms with Gasteiger partial charge in [0.2, 0.25) is 0 Å². The van der Waals surface area contributed by atoms with Crippen LogP contribution in [0.5, 0.6) is 11.5 Å². The Hall–Kier alpha value is -2.15. The standard InChI is InChI=1S/C21H29N3O3/c1-26-20-10-18(11-21(12-20)27-2)15-24-8-7-23(16-19(24)5-9-25)14-17-4-3-6-22-13-17/h3-4,6,10-13,19,25H,5,7-9,14-16H2,1-2H3/t19-/m1/s1. The second-order valence-electron chi connectivity index (χ2n) is 6.95. The molecule has 1 aromatic heterocycles. The largest absolute Gasteiger partial charge is 0.497 e. The fourth-order valence-corrected chi connectivity index (χ4v) is 3.67. The van der Waals surface area contributed by atoms with Crippen LogP contribution in [0, 0.1) is 0 Å². The molecule has 1 atom stereocenters. The van der Waals surface area contributed by atoms with Gasteiger partial charge in [0.1, 0.15) is 11.5 Å². The van der Waals surface area contributed by atoms with Crippen LogP contribution in [-0.4, -0.2) is 66.4 Å². The van der Waals surface area contributed by atoms with Gasteiger partial charge in [0.15, 0.2) is 0 Å². The third kappa shape index (κ3) is 5.42. The van der Waals surface area contributed by atoms with Gasteiger partial charge in [-0.2, -0.15) is 0 Å². The minimum atomic E-state index is 0.198. The third-order valence-corrected chi connectivity index (χ3v) is 5.08. The van der Waals surface area contributed by atoms with Crippen LogP contribution < -0.4 is 9.47 Å². The summed E-state index contributed by atoms with van der Waals surface area (Å²) in [6.45, 7) is 4.82. The minimum absolute atomic E-state index is 0.198. The highest BCUT2D eigenvalue weighted by molar-refractivity contribution is 5.38. The molecule has 0 saturated carbocycles. The van der Waals surface area contributed by atoms with Gasteiger partial charge >= 0.3 is 0 Å². The molecule has 0 spiro atoms. The van der Waals surface area contributed by atoms with Crippen molar-refractivity contribution in [3.63, 3.8) is 0 Å². The monoisotopic (exact) mass is 371 g/mol. The summed E-state index contributed by atoms with van der Waals surface area (Å²) in [7, 11) is 3.34. The van der Waals surface area contributed by atoms with Crippen molar-refractivity contribution in [3.05, 3.63) is 53.9 Å². The van der Waals surface area contributed by atoms with E-state index in [1.54, 1.807) is 20.4 Å². The van der Waals surface area contributed by atoms with E-state index in [-0.39, 0.29) is 6.61 Å². The van der Waals surface area contributed by atoms with Crippen molar-refractivity contribution in [2.45, 2.75) is 25.6 Å². The van der Waals surface area contributed by atoms with Crippen LogP contribution in [0.4, 0.5) is 0 Å². The SMILES string of the molecule is COc1cc(CN2CCN(Cc3cccnc3)C[C@H]2CCO)cc(OC)c1. The summed E-state index contributed by atoms with van der Waals surface area (Å²) >= 11 is 0. The molecule has 0 radical (unpaired) electrons. The first-order chi connectivity index (χ1) is 13.2. The van der Waals surface area contributed by atoms with Crippen molar-refractivity contribution >= 4 is 0 Å². The summed E-state index contributed by atoms with van der Waals surface area (Å²) in [5, 5.41) is 9.55. The Kier molecular flexibility index (Phi) is 7.04. The van der Waals surface area contributed by atoms with E-state index in [1.807, 2.05) is 18.3 Å². The van der Waals surface area contributed by atoms with Gasteiger partial charge in [0, 0.05) is 63.8 Å². The van der Waals surface area contributed by atoms with E-state index in [0.29, 0.717) is 6.04 Å². The molecule has 2 aromatic rings. The van der Waals surface area contributed by atoms with Gasteiger partial charge in [-0.05, 0) is 35.7 Å². The van der Waals surface area contributed by atoms with E-state index in [0.717, 1.165) is 56.2 Å². The van der Waals surface area contributed by atoms with Crippen LogP contribution in [0.1, 0.15) is 17.5 Å². The molecule has 6 nitrogen and oxygen atoms in total. The zero-order valence-corrected chi connectivity index (χ0v) is 16.2. The molecule has 0 unspecified atom stereocenters. The van der Waals surface area contributed by atoms with E-state index in [9.17, 15) is 5.11 Å². The highest BCUT2D eigenvalue weighted by Gasteiger charge is 2.27. The molecule has 1 N–H and O–H groups in total. The highest BCUT2D eigenvalue weighted by atomic mass is 16.5. The first-order valence-corrected chi connectivity index (χ1v) is 9.40. The number of benzene rings is 1. The lowest BCUT2D eigenvalue weighted by Gasteiger charge is -2.41. The van der Waals surface area contributed by atoms with Gasteiger partial charge in [-0.25, -0.2) is 0 Å². The third-order valence-electron chi connectivity index (χ3n) is 5.08. The lowest BCUT2D eigenvalue weighted by atomic mass is 10.1. The van der Waals surface area contributed by atoms with Crippen molar-refractivity contribution in [2.24, 2.45) is 0 Å². The number of hydrogen-bond donors (Lipinski definition) is 1. The maximum absolute atomic E-state index is 9.55. The molecule has 1 saturated heterocycles. The Balaban J connectivity index is 1.67. The van der Waals surface area contributed by atoms with Crippen molar-refractivity contribution in [3.8, 4) is 11.5 Å². The Morgan fingerprint density at radius 2 is 1.85 bits per heavy atom. The predicted octanol–water partition coefficient (Wildman–Crippen LogP) is 2.17. The molecule has 1 aliphatic heterocycles. The predicted molar refractivity (Wildman–Crippen MR) is 105 cm³/mol. The average molecular weight is 371 g/mol. The van der Waals surface area contributed by atoms with Crippen LogP contribution in [0.25, 0.3) is 0 Å². The molecule has 3 rings (SSSR count). The lowest BCUT2D eigenvalue weighted by Crippen LogP contribution is -2.52. The second kappa shape index (κ2) is 9.69. The first-order valence-electron chi connectivity index (χ1n) is 9.40. The normalized spacial score (nSPS) is 18.4. The van der Waals surface area contributed by atoms with Gasteiger partial charge in [0.05, 0.1) is 14.2 Å². The minimum Gasteiger partial charge on any atom is -0.497 e. The molecular formula is C21H29N3O3. The number of nitrogens with zero attached hydrogens (tertiary/aromatic N) is 3. The average Bonchev–Trinajstić information content (AvgIpc) is 2.70. The molecule has 1 aliphatic rings. The number of rotatable bonds is 8. The van der Waals surface area contributed by atoms with E-state index >= 15 is 0 Å². The molecule has 27 heavy (non-hydrogen) atoms. The van der Waals surface area contributed by atoms with Crippen LogP contribution >= 0.6 is 0 Å². The van der Waals surface area contributed by atoms with E-state index in [2.05, 4.69) is 33.0 Å². The fourth-order valence-electron chi connectivity index (χ4n) is 3.67. The zero-order chi connectivity index (χ0) is 19.1. The van der Waals surface area contributed by atoms with Crippen molar-refractivity contribution in [1.82, 2.24) is 14.8 Å². The molecule has 146 valence electrons. The molecule has 2 heterocycles. The second-order valence-corrected chi connectivity index (χ2v) is 6.95. The number of ether oxygens (including phenoxy) is 2. The quantitative estimate of drug-likeness (QED) is 0.768.